The van der Waals surface area contributed by atoms with Crippen molar-refractivity contribution in [2.24, 2.45) is 0 Å². The molecular weight excluding hydrogens is 314 g/mol. The van der Waals surface area contributed by atoms with E-state index in [4.69, 9.17) is 11.6 Å². The Morgan fingerprint density at radius 3 is 2.78 bits per heavy atom. The highest BCUT2D eigenvalue weighted by Gasteiger charge is 1.99. The van der Waals surface area contributed by atoms with Crippen LogP contribution in [-0.2, 0) is 6.42 Å². The van der Waals surface area contributed by atoms with Crippen molar-refractivity contribution in [3.8, 4) is 0 Å². The Bertz CT molecular complexity index is 528. The maximum atomic E-state index is 5.73. The van der Waals surface area contributed by atoms with Gasteiger partial charge in [-0.25, -0.2) is 9.97 Å². The van der Waals surface area contributed by atoms with Crippen LogP contribution in [0.3, 0.4) is 0 Å². The van der Waals surface area contributed by atoms with Gasteiger partial charge in [0.2, 0.25) is 0 Å². The summed E-state index contributed by atoms with van der Waals surface area (Å²) in [5, 5.41) is 3.81. The number of hydrogen-bond acceptors (Lipinski definition) is 3. The van der Waals surface area contributed by atoms with Crippen LogP contribution >= 0.6 is 27.5 Å². The monoisotopic (exact) mass is 325 g/mol. The van der Waals surface area contributed by atoms with Crippen LogP contribution in [0.25, 0.3) is 0 Å². The summed E-state index contributed by atoms with van der Waals surface area (Å²) in [6.45, 7) is 2.86. The zero-order valence-corrected chi connectivity index (χ0v) is 12.3. The molecule has 5 heteroatoms. The fourth-order valence-corrected chi connectivity index (χ4v) is 1.85. The van der Waals surface area contributed by atoms with Gasteiger partial charge in [-0.05, 0) is 52.5 Å². The maximum absolute atomic E-state index is 5.73. The second-order valence-corrected chi connectivity index (χ2v) is 5.23. The highest BCUT2D eigenvalue weighted by atomic mass is 79.9. The fraction of sp³-hybridized carbons (Fsp3) is 0.231. The predicted molar refractivity (Wildman–Crippen MR) is 78.1 cm³/mol. The topological polar surface area (TPSA) is 37.8 Å². The number of nitrogens with one attached hydrogen (secondary N) is 1. The number of hydrogen-bond donors (Lipinski definition) is 1. The fourth-order valence-electron chi connectivity index (χ4n) is 1.53. The minimum atomic E-state index is 0.525. The Balaban J connectivity index is 1.88. The molecule has 0 spiro atoms. The van der Waals surface area contributed by atoms with E-state index in [0.29, 0.717) is 5.15 Å². The van der Waals surface area contributed by atoms with Crippen molar-refractivity contribution in [3.05, 3.63) is 51.3 Å². The summed E-state index contributed by atoms with van der Waals surface area (Å²) in [6, 6.07) is 5.81. The van der Waals surface area contributed by atoms with E-state index >= 15 is 0 Å². The van der Waals surface area contributed by atoms with Crippen LogP contribution < -0.4 is 5.32 Å². The van der Waals surface area contributed by atoms with Crippen molar-refractivity contribution in [2.45, 2.75) is 13.3 Å². The molecule has 0 aliphatic carbocycles. The molecule has 2 rings (SSSR count). The molecule has 2 aromatic rings. The van der Waals surface area contributed by atoms with E-state index in [0.717, 1.165) is 28.8 Å². The van der Waals surface area contributed by atoms with E-state index in [9.17, 15) is 0 Å². The minimum Gasteiger partial charge on any atom is -0.370 e. The van der Waals surface area contributed by atoms with Gasteiger partial charge in [0.1, 0.15) is 11.0 Å². The molecule has 2 aromatic heterocycles. The standard InChI is InChI=1S/C13H13BrClN3/c1-9-6-13(18-8-11(9)14)16-5-4-10-2-3-12(15)17-7-10/h2-3,6-8H,4-5H2,1H3,(H,16,18). The highest BCUT2D eigenvalue weighted by molar-refractivity contribution is 9.10. The largest absolute Gasteiger partial charge is 0.370 e. The molecule has 94 valence electrons. The summed E-state index contributed by atoms with van der Waals surface area (Å²) in [7, 11) is 0. The molecule has 1 N–H and O–H groups in total. The Kier molecular flexibility index (Phi) is 4.55. The molecule has 2 heterocycles. The van der Waals surface area contributed by atoms with Crippen LogP contribution in [0.5, 0.6) is 0 Å². The molecule has 0 amide bonds. The quantitative estimate of drug-likeness (QED) is 0.867. The van der Waals surface area contributed by atoms with Crippen molar-refractivity contribution in [1.82, 2.24) is 9.97 Å². The van der Waals surface area contributed by atoms with Crippen LogP contribution in [0.4, 0.5) is 5.82 Å². The molecule has 0 radical (unpaired) electrons. The van der Waals surface area contributed by atoms with E-state index in [-0.39, 0.29) is 0 Å². The molecule has 0 aliphatic rings. The van der Waals surface area contributed by atoms with Crippen LogP contribution in [0.1, 0.15) is 11.1 Å². The molecule has 0 aliphatic heterocycles. The van der Waals surface area contributed by atoms with Crippen LogP contribution in [0.2, 0.25) is 5.15 Å². The molecule has 3 nitrogen and oxygen atoms in total. The Morgan fingerprint density at radius 1 is 1.28 bits per heavy atom. The van der Waals surface area contributed by atoms with Gasteiger partial charge in [-0.3, -0.25) is 0 Å². The highest BCUT2D eigenvalue weighted by Crippen LogP contribution is 2.17. The van der Waals surface area contributed by atoms with Crippen molar-refractivity contribution in [2.75, 3.05) is 11.9 Å². The lowest BCUT2D eigenvalue weighted by molar-refractivity contribution is 0.992. The van der Waals surface area contributed by atoms with Crippen LogP contribution in [0.15, 0.2) is 35.1 Å². The molecule has 18 heavy (non-hydrogen) atoms. The first-order chi connectivity index (χ1) is 8.65. The average Bonchev–Trinajstić information content (AvgIpc) is 2.36. The van der Waals surface area contributed by atoms with Gasteiger partial charge < -0.3 is 5.32 Å². The van der Waals surface area contributed by atoms with Crippen LogP contribution in [-0.4, -0.2) is 16.5 Å². The number of halogens is 2. The lowest BCUT2D eigenvalue weighted by atomic mass is 10.2. The van der Waals surface area contributed by atoms with Gasteiger partial charge in [-0.1, -0.05) is 17.7 Å². The van der Waals surface area contributed by atoms with Gasteiger partial charge in [-0.2, -0.15) is 0 Å². The Hall–Kier alpha value is -1.13. The van der Waals surface area contributed by atoms with Gasteiger partial charge in [0.25, 0.3) is 0 Å². The summed E-state index contributed by atoms with van der Waals surface area (Å²) in [4.78, 5) is 8.34. The van der Waals surface area contributed by atoms with Crippen molar-refractivity contribution in [1.29, 1.82) is 0 Å². The third-order valence-electron chi connectivity index (χ3n) is 2.56. The lowest BCUT2D eigenvalue weighted by Gasteiger charge is -2.07. The predicted octanol–water partition coefficient (Wildman–Crippen LogP) is 3.86. The van der Waals surface area contributed by atoms with Crippen molar-refractivity contribution < 1.29 is 0 Å². The first-order valence-corrected chi connectivity index (χ1v) is 6.79. The molecule has 0 saturated carbocycles. The van der Waals surface area contributed by atoms with E-state index in [1.807, 2.05) is 25.3 Å². The van der Waals surface area contributed by atoms with E-state index in [2.05, 4.69) is 31.2 Å². The SMILES string of the molecule is Cc1cc(NCCc2ccc(Cl)nc2)ncc1Br. The lowest BCUT2D eigenvalue weighted by Crippen LogP contribution is -2.06. The second-order valence-electron chi connectivity index (χ2n) is 3.98. The summed E-state index contributed by atoms with van der Waals surface area (Å²) < 4.78 is 1.02. The van der Waals surface area contributed by atoms with Crippen molar-refractivity contribution >= 4 is 33.3 Å². The molecule has 0 aromatic carbocycles. The molecule has 0 bridgehead atoms. The number of aryl methyl sites for hydroxylation is 1. The van der Waals surface area contributed by atoms with E-state index < -0.39 is 0 Å². The van der Waals surface area contributed by atoms with E-state index in [1.54, 1.807) is 12.3 Å². The first kappa shape index (κ1) is 13.3. The average molecular weight is 327 g/mol. The van der Waals surface area contributed by atoms with Crippen molar-refractivity contribution in [3.63, 3.8) is 0 Å². The second kappa shape index (κ2) is 6.16. The third-order valence-corrected chi connectivity index (χ3v) is 3.61. The van der Waals surface area contributed by atoms with Gasteiger partial charge in [-0.15, -0.1) is 0 Å². The van der Waals surface area contributed by atoms with Crippen LogP contribution in [0, 0.1) is 6.92 Å². The number of pyridine rings is 2. The number of anilines is 1. The molecule has 0 saturated heterocycles. The smallest absolute Gasteiger partial charge is 0.129 e. The summed E-state index contributed by atoms with van der Waals surface area (Å²) in [6.07, 6.45) is 4.49. The maximum Gasteiger partial charge on any atom is 0.129 e. The zero-order chi connectivity index (χ0) is 13.0. The molecule has 0 unspecified atom stereocenters. The molecular formula is C13H13BrClN3. The Morgan fingerprint density at radius 2 is 2.11 bits per heavy atom. The minimum absolute atomic E-state index is 0.525. The number of nitrogens with zero attached hydrogens (tertiary/aromatic N) is 2. The summed E-state index contributed by atoms with van der Waals surface area (Å²) >= 11 is 9.16. The third kappa shape index (κ3) is 3.68. The zero-order valence-electron chi connectivity index (χ0n) is 9.95. The summed E-state index contributed by atoms with van der Waals surface area (Å²) in [5.74, 6) is 0.887. The first-order valence-electron chi connectivity index (χ1n) is 5.61. The summed E-state index contributed by atoms with van der Waals surface area (Å²) in [5.41, 5.74) is 2.32. The molecule has 0 fully saturated rings. The van der Waals surface area contributed by atoms with E-state index in [1.165, 1.54) is 5.56 Å². The number of rotatable bonds is 4. The normalized spacial score (nSPS) is 10.4. The van der Waals surface area contributed by atoms with Gasteiger partial charge in [0, 0.05) is 23.4 Å². The van der Waals surface area contributed by atoms with Gasteiger partial charge in [0.05, 0.1) is 0 Å². The Labute approximate surface area is 120 Å². The molecule has 0 atom stereocenters. The number of aromatic nitrogens is 2. The van der Waals surface area contributed by atoms with Gasteiger partial charge >= 0.3 is 0 Å². The van der Waals surface area contributed by atoms with Gasteiger partial charge in [0.15, 0.2) is 0 Å².